The second-order valence-electron chi connectivity index (χ2n) is 7.66. The Labute approximate surface area is 176 Å². The first-order chi connectivity index (χ1) is 14.6. The van der Waals surface area contributed by atoms with E-state index in [2.05, 4.69) is 11.4 Å². The number of quaternary nitrogens is 2. The lowest BCUT2D eigenvalue weighted by Gasteiger charge is -2.29. The van der Waals surface area contributed by atoms with Crippen LogP contribution >= 0.6 is 0 Å². The van der Waals surface area contributed by atoms with Crippen molar-refractivity contribution in [3.8, 4) is 23.0 Å². The smallest absolute Gasteiger partial charge is 0.279 e. The zero-order chi connectivity index (χ0) is 20.9. The number of hydrogen-bond acceptors (Lipinski definition) is 5. The van der Waals surface area contributed by atoms with Gasteiger partial charge in [0.05, 0.1) is 14.2 Å². The quantitative estimate of drug-likeness (QED) is 0.561. The predicted molar refractivity (Wildman–Crippen MR) is 111 cm³/mol. The van der Waals surface area contributed by atoms with Crippen LogP contribution < -0.4 is 34.1 Å². The van der Waals surface area contributed by atoms with Crippen LogP contribution in [-0.2, 0) is 11.3 Å². The Balaban J connectivity index is 1.24. The van der Waals surface area contributed by atoms with Crippen LogP contribution in [0.2, 0.25) is 0 Å². The van der Waals surface area contributed by atoms with Gasteiger partial charge in [0.25, 0.3) is 5.91 Å². The van der Waals surface area contributed by atoms with Crippen molar-refractivity contribution in [3.63, 3.8) is 0 Å². The van der Waals surface area contributed by atoms with Gasteiger partial charge in [0, 0.05) is 17.3 Å². The zero-order valence-electron chi connectivity index (χ0n) is 17.5. The van der Waals surface area contributed by atoms with E-state index >= 15 is 0 Å². The molecule has 2 heterocycles. The largest absolute Gasteiger partial charge is 0.493 e. The van der Waals surface area contributed by atoms with Crippen LogP contribution in [0.5, 0.6) is 23.0 Å². The average molecular weight is 415 g/mol. The van der Waals surface area contributed by atoms with Crippen LogP contribution in [0.1, 0.15) is 5.56 Å². The molecule has 0 atom stereocenters. The highest BCUT2D eigenvalue weighted by atomic mass is 16.7. The first-order valence-electron chi connectivity index (χ1n) is 10.2. The molecule has 0 bridgehead atoms. The number of benzene rings is 2. The standard InChI is InChI=1S/C22H27N3O5/c1-27-18-5-3-16(11-20(18)28-2)13-24-7-9-25(10-8-24)14-22(26)23-17-4-6-19-21(12-17)30-15-29-19/h3-6,11-12H,7-10,13-15H2,1-2H3,(H,23,26)/p+2. The van der Waals surface area contributed by atoms with Gasteiger partial charge >= 0.3 is 0 Å². The van der Waals surface area contributed by atoms with E-state index in [0.717, 1.165) is 49.9 Å². The van der Waals surface area contributed by atoms with Gasteiger partial charge in [0.1, 0.15) is 32.7 Å². The van der Waals surface area contributed by atoms with Gasteiger partial charge in [0.15, 0.2) is 29.5 Å². The van der Waals surface area contributed by atoms with Crippen molar-refractivity contribution in [3.05, 3.63) is 42.0 Å². The number of fused-ring (bicyclic) bond motifs is 1. The number of amides is 1. The predicted octanol–water partition coefficient (Wildman–Crippen LogP) is -0.645. The lowest BCUT2D eigenvalue weighted by Crippen LogP contribution is -3.28. The molecule has 1 saturated heterocycles. The number of carbonyl (C=O) groups is 1. The van der Waals surface area contributed by atoms with Gasteiger partial charge in [-0.3, -0.25) is 4.79 Å². The number of nitrogens with one attached hydrogen (secondary N) is 3. The summed E-state index contributed by atoms with van der Waals surface area (Å²) in [5.74, 6) is 2.92. The van der Waals surface area contributed by atoms with Crippen molar-refractivity contribution in [1.82, 2.24) is 0 Å². The summed E-state index contributed by atoms with van der Waals surface area (Å²) in [5, 5.41) is 2.97. The second kappa shape index (κ2) is 9.23. The Kier molecular flexibility index (Phi) is 6.25. The lowest BCUT2D eigenvalue weighted by molar-refractivity contribution is -1.02. The first-order valence-corrected chi connectivity index (χ1v) is 10.2. The maximum atomic E-state index is 12.4. The Morgan fingerprint density at radius 2 is 1.67 bits per heavy atom. The van der Waals surface area contributed by atoms with Crippen molar-refractivity contribution >= 4 is 11.6 Å². The van der Waals surface area contributed by atoms with Crippen LogP contribution in [0.15, 0.2) is 36.4 Å². The van der Waals surface area contributed by atoms with Gasteiger partial charge < -0.3 is 34.1 Å². The summed E-state index contributed by atoms with van der Waals surface area (Å²) >= 11 is 0. The summed E-state index contributed by atoms with van der Waals surface area (Å²) in [6, 6.07) is 11.6. The molecule has 2 aromatic carbocycles. The number of rotatable bonds is 7. The normalized spacial score (nSPS) is 19.9. The highest BCUT2D eigenvalue weighted by Gasteiger charge is 2.25. The lowest BCUT2D eigenvalue weighted by atomic mass is 10.1. The van der Waals surface area contributed by atoms with Gasteiger partial charge in [-0.25, -0.2) is 0 Å². The Morgan fingerprint density at radius 1 is 0.933 bits per heavy atom. The molecule has 0 saturated carbocycles. The Morgan fingerprint density at radius 3 is 2.43 bits per heavy atom. The van der Waals surface area contributed by atoms with Crippen LogP contribution in [0.25, 0.3) is 0 Å². The molecule has 160 valence electrons. The minimum absolute atomic E-state index is 0.0206. The third-order valence-corrected chi connectivity index (χ3v) is 5.63. The molecule has 0 unspecified atom stereocenters. The number of hydrogen-bond donors (Lipinski definition) is 3. The fourth-order valence-corrected chi connectivity index (χ4v) is 4.00. The van der Waals surface area contributed by atoms with Gasteiger partial charge in [-0.1, -0.05) is 0 Å². The average Bonchev–Trinajstić information content (AvgIpc) is 3.23. The van der Waals surface area contributed by atoms with E-state index in [-0.39, 0.29) is 12.7 Å². The highest BCUT2D eigenvalue weighted by molar-refractivity contribution is 5.91. The van der Waals surface area contributed by atoms with Gasteiger partial charge in [-0.15, -0.1) is 0 Å². The van der Waals surface area contributed by atoms with Crippen LogP contribution in [0.4, 0.5) is 5.69 Å². The summed E-state index contributed by atoms with van der Waals surface area (Å²) in [6.45, 7) is 5.64. The molecule has 1 amide bonds. The number of methoxy groups -OCH3 is 2. The Hall–Kier alpha value is -2.97. The molecule has 0 radical (unpaired) electrons. The van der Waals surface area contributed by atoms with E-state index in [1.165, 1.54) is 15.4 Å². The molecule has 2 aliphatic rings. The zero-order valence-corrected chi connectivity index (χ0v) is 17.5. The minimum atomic E-state index is 0.0206. The molecule has 1 fully saturated rings. The number of ether oxygens (including phenoxy) is 4. The molecule has 0 spiro atoms. The van der Waals surface area contributed by atoms with Crippen molar-refractivity contribution in [2.75, 3.05) is 59.1 Å². The van der Waals surface area contributed by atoms with Crippen molar-refractivity contribution in [2.45, 2.75) is 6.54 Å². The summed E-state index contributed by atoms with van der Waals surface area (Å²) in [6.07, 6.45) is 0. The SMILES string of the molecule is COc1ccc(C[NH+]2CC[NH+](CC(=O)Nc3ccc4c(c3)OCO4)CC2)cc1OC. The second-order valence-corrected chi connectivity index (χ2v) is 7.66. The summed E-state index contributed by atoms with van der Waals surface area (Å²) in [5.41, 5.74) is 1.97. The van der Waals surface area contributed by atoms with E-state index in [9.17, 15) is 4.79 Å². The molecular formula is C22H29N3O5+2. The molecule has 30 heavy (non-hydrogen) atoms. The number of carbonyl (C=O) groups excluding carboxylic acids is 1. The molecule has 8 nitrogen and oxygen atoms in total. The third-order valence-electron chi connectivity index (χ3n) is 5.63. The van der Waals surface area contributed by atoms with Crippen LogP contribution in [0, 0.1) is 0 Å². The maximum absolute atomic E-state index is 12.4. The highest BCUT2D eigenvalue weighted by Crippen LogP contribution is 2.34. The van der Waals surface area contributed by atoms with E-state index in [4.69, 9.17) is 18.9 Å². The van der Waals surface area contributed by atoms with Crippen molar-refractivity contribution in [2.24, 2.45) is 0 Å². The summed E-state index contributed by atoms with van der Waals surface area (Å²) in [7, 11) is 3.30. The minimum Gasteiger partial charge on any atom is -0.493 e. The van der Waals surface area contributed by atoms with Crippen molar-refractivity contribution in [1.29, 1.82) is 0 Å². The fourth-order valence-electron chi connectivity index (χ4n) is 4.00. The van der Waals surface area contributed by atoms with Gasteiger partial charge in [-0.05, 0) is 30.3 Å². The Bertz CT molecular complexity index is 896. The molecule has 3 N–H and O–H groups in total. The third kappa shape index (κ3) is 4.77. The van der Waals surface area contributed by atoms with E-state index in [0.29, 0.717) is 18.0 Å². The molecule has 2 aliphatic heterocycles. The maximum Gasteiger partial charge on any atom is 0.279 e. The molecule has 0 aliphatic carbocycles. The molecular weight excluding hydrogens is 386 g/mol. The van der Waals surface area contributed by atoms with Crippen LogP contribution in [-0.4, -0.2) is 59.6 Å². The van der Waals surface area contributed by atoms with Gasteiger partial charge in [-0.2, -0.15) is 0 Å². The number of piperazine rings is 1. The molecule has 2 aromatic rings. The van der Waals surface area contributed by atoms with E-state index in [1.807, 2.05) is 24.3 Å². The fraction of sp³-hybridized carbons (Fsp3) is 0.409. The van der Waals surface area contributed by atoms with Gasteiger partial charge in [0.2, 0.25) is 6.79 Å². The van der Waals surface area contributed by atoms with E-state index in [1.54, 1.807) is 20.3 Å². The van der Waals surface area contributed by atoms with Crippen molar-refractivity contribution < 1.29 is 33.5 Å². The van der Waals surface area contributed by atoms with Crippen LogP contribution in [0.3, 0.4) is 0 Å². The molecule has 4 rings (SSSR count). The topological polar surface area (TPSA) is 74.9 Å². The first kappa shape index (κ1) is 20.3. The van der Waals surface area contributed by atoms with E-state index < -0.39 is 0 Å². The summed E-state index contributed by atoms with van der Waals surface area (Å²) < 4.78 is 21.4. The molecule has 8 heteroatoms. The molecule has 0 aromatic heterocycles. The number of anilines is 1. The summed E-state index contributed by atoms with van der Waals surface area (Å²) in [4.78, 5) is 15.3. The monoisotopic (exact) mass is 415 g/mol.